The summed E-state index contributed by atoms with van der Waals surface area (Å²) in [5.74, 6) is 0.555. The fourth-order valence-corrected chi connectivity index (χ4v) is 3.71. The zero-order valence-electron chi connectivity index (χ0n) is 17.8. The van der Waals surface area contributed by atoms with Crippen LogP contribution in [0.1, 0.15) is 10.4 Å². The number of amides is 2. The van der Waals surface area contributed by atoms with Gasteiger partial charge in [0.05, 0.1) is 12.8 Å². The lowest BCUT2D eigenvalue weighted by Crippen LogP contribution is -2.20. The summed E-state index contributed by atoms with van der Waals surface area (Å²) in [4.78, 5) is 29.1. The molecule has 0 bridgehead atoms. The standard InChI is InChI=1S/C25H21N3O4S/c1-31-21-9-5-8-19(14-21)26-23(29)15-32-20-12-10-18(11-13-20)24(30)28-25-27-22(16-33-25)17-6-3-2-4-7-17/h2-14,16H,15H2,1H3,(H,26,29)(H,27,28,30). The van der Waals surface area contributed by atoms with Crippen molar-refractivity contribution in [3.8, 4) is 22.8 Å². The molecule has 2 amide bonds. The Labute approximate surface area is 195 Å². The average Bonchev–Trinajstić information content (AvgIpc) is 3.32. The monoisotopic (exact) mass is 459 g/mol. The number of nitrogens with one attached hydrogen (secondary N) is 2. The summed E-state index contributed by atoms with van der Waals surface area (Å²) < 4.78 is 10.7. The molecular formula is C25H21N3O4S. The highest BCUT2D eigenvalue weighted by Crippen LogP contribution is 2.25. The SMILES string of the molecule is COc1cccc(NC(=O)COc2ccc(C(=O)Nc3nc(-c4ccccc4)cs3)cc2)c1. The first-order valence-corrected chi connectivity index (χ1v) is 11.0. The maximum Gasteiger partial charge on any atom is 0.262 e. The fraction of sp³-hybridized carbons (Fsp3) is 0.0800. The number of aromatic nitrogens is 1. The molecule has 0 aliphatic carbocycles. The molecule has 7 nitrogen and oxygen atoms in total. The highest BCUT2D eigenvalue weighted by Gasteiger charge is 2.11. The van der Waals surface area contributed by atoms with Gasteiger partial charge in [0.2, 0.25) is 0 Å². The second kappa shape index (κ2) is 10.4. The molecule has 0 unspecified atom stereocenters. The number of benzene rings is 3. The van der Waals surface area contributed by atoms with Crippen LogP contribution in [-0.2, 0) is 4.79 Å². The Bertz CT molecular complexity index is 1240. The summed E-state index contributed by atoms with van der Waals surface area (Å²) >= 11 is 1.36. The summed E-state index contributed by atoms with van der Waals surface area (Å²) in [7, 11) is 1.56. The summed E-state index contributed by atoms with van der Waals surface area (Å²) in [6, 6.07) is 23.4. The first-order valence-electron chi connectivity index (χ1n) is 10.1. The van der Waals surface area contributed by atoms with Crippen molar-refractivity contribution >= 4 is 34.0 Å². The van der Waals surface area contributed by atoms with Crippen LogP contribution in [0.4, 0.5) is 10.8 Å². The third-order valence-corrected chi connectivity index (χ3v) is 5.39. The summed E-state index contributed by atoms with van der Waals surface area (Å²) in [5.41, 5.74) is 2.88. The molecule has 4 aromatic rings. The van der Waals surface area contributed by atoms with E-state index in [-0.39, 0.29) is 18.4 Å². The van der Waals surface area contributed by atoms with Gasteiger partial charge in [-0.2, -0.15) is 0 Å². The van der Waals surface area contributed by atoms with Gasteiger partial charge in [-0.15, -0.1) is 11.3 Å². The number of methoxy groups -OCH3 is 1. The van der Waals surface area contributed by atoms with Crippen molar-refractivity contribution in [1.82, 2.24) is 4.98 Å². The van der Waals surface area contributed by atoms with Crippen LogP contribution in [-0.4, -0.2) is 30.5 Å². The minimum atomic E-state index is -0.303. The molecule has 0 aliphatic rings. The van der Waals surface area contributed by atoms with Gasteiger partial charge in [-0.05, 0) is 36.4 Å². The first-order chi connectivity index (χ1) is 16.1. The Kier molecular flexibility index (Phi) is 6.96. The molecule has 8 heteroatoms. The van der Waals surface area contributed by atoms with E-state index < -0.39 is 0 Å². The molecule has 3 aromatic carbocycles. The van der Waals surface area contributed by atoms with Crippen LogP contribution in [0.3, 0.4) is 0 Å². The fourth-order valence-electron chi connectivity index (χ4n) is 2.99. The lowest BCUT2D eigenvalue weighted by atomic mass is 10.2. The van der Waals surface area contributed by atoms with Crippen LogP contribution in [0.2, 0.25) is 0 Å². The van der Waals surface area contributed by atoms with Crippen LogP contribution in [0, 0.1) is 0 Å². The van der Waals surface area contributed by atoms with Crippen LogP contribution in [0.15, 0.2) is 84.2 Å². The Morgan fingerprint density at radius 1 is 0.909 bits per heavy atom. The molecule has 166 valence electrons. The minimum Gasteiger partial charge on any atom is -0.497 e. The minimum absolute atomic E-state index is 0.163. The van der Waals surface area contributed by atoms with Crippen LogP contribution in [0.25, 0.3) is 11.3 Å². The number of rotatable bonds is 8. The number of nitrogens with zero attached hydrogens (tertiary/aromatic N) is 1. The lowest BCUT2D eigenvalue weighted by molar-refractivity contribution is -0.118. The third-order valence-electron chi connectivity index (χ3n) is 4.63. The highest BCUT2D eigenvalue weighted by atomic mass is 32.1. The number of anilines is 2. The summed E-state index contributed by atoms with van der Waals surface area (Å²) in [6.07, 6.45) is 0. The molecule has 0 fully saturated rings. The lowest BCUT2D eigenvalue weighted by Gasteiger charge is -2.09. The maximum atomic E-state index is 12.5. The van der Waals surface area contributed by atoms with Gasteiger partial charge in [-0.1, -0.05) is 36.4 Å². The van der Waals surface area contributed by atoms with Gasteiger partial charge in [-0.3, -0.25) is 14.9 Å². The number of hydrogen-bond acceptors (Lipinski definition) is 6. The number of carbonyl (C=O) groups excluding carboxylic acids is 2. The number of hydrogen-bond donors (Lipinski definition) is 2. The molecule has 0 atom stereocenters. The average molecular weight is 460 g/mol. The molecule has 1 heterocycles. The number of ether oxygens (including phenoxy) is 2. The van der Waals surface area contributed by atoms with Gasteiger partial charge in [0.15, 0.2) is 11.7 Å². The van der Waals surface area contributed by atoms with E-state index in [1.165, 1.54) is 11.3 Å². The molecule has 0 saturated heterocycles. The topological polar surface area (TPSA) is 89.5 Å². The van der Waals surface area contributed by atoms with E-state index >= 15 is 0 Å². The van der Waals surface area contributed by atoms with Gasteiger partial charge >= 0.3 is 0 Å². The zero-order valence-corrected chi connectivity index (χ0v) is 18.6. The van der Waals surface area contributed by atoms with Crippen LogP contribution < -0.4 is 20.1 Å². The van der Waals surface area contributed by atoms with Gasteiger partial charge in [0.1, 0.15) is 11.5 Å². The van der Waals surface area contributed by atoms with Crippen LogP contribution in [0.5, 0.6) is 11.5 Å². The van der Waals surface area contributed by atoms with E-state index in [0.717, 1.165) is 11.3 Å². The summed E-state index contributed by atoms with van der Waals surface area (Å²) in [5, 5.41) is 7.97. The van der Waals surface area contributed by atoms with E-state index in [0.29, 0.717) is 27.9 Å². The van der Waals surface area contributed by atoms with E-state index in [9.17, 15) is 9.59 Å². The van der Waals surface area contributed by atoms with E-state index in [1.807, 2.05) is 35.7 Å². The predicted octanol–water partition coefficient (Wildman–Crippen LogP) is 5.09. The zero-order chi connectivity index (χ0) is 23.0. The van der Waals surface area contributed by atoms with Gasteiger partial charge in [0, 0.05) is 28.3 Å². The van der Waals surface area contributed by atoms with Gasteiger partial charge < -0.3 is 14.8 Å². The van der Waals surface area contributed by atoms with E-state index in [1.54, 1.807) is 55.6 Å². The van der Waals surface area contributed by atoms with Crippen molar-refractivity contribution in [2.24, 2.45) is 0 Å². The van der Waals surface area contributed by atoms with Crippen molar-refractivity contribution in [1.29, 1.82) is 0 Å². The molecular weight excluding hydrogens is 438 g/mol. The second-order valence-electron chi connectivity index (χ2n) is 6.95. The molecule has 0 radical (unpaired) electrons. The molecule has 33 heavy (non-hydrogen) atoms. The van der Waals surface area contributed by atoms with Crippen molar-refractivity contribution in [2.75, 3.05) is 24.4 Å². The Morgan fingerprint density at radius 3 is 2.45 bits per heavy atom. The Balaban J connectivity index is 1.29. The molecule has 0 saturated carbocycles. The van der Waals surface area contributed by atoms with Crippen molar-refractivity contribution in [3.63, 3.8) is 0 Å². The van der Waals surface area contributed by atoms with Crippen molar-refractivity contribution in [3.05, 3.63) is 89.8 Å². The van der Waals surface area contributed by atoms with E-state index in [2.05, 4.69) is 15.6 Å². The Morgan fingerprint density at radius 2 is 1.70 bits per heavy atom. The quantitative estimate of drug-likeness (QED) is 0.383. The van der Waals surface area contributed by atoms with Crippen LogP contribution >= 0.6 is 11.3 Å². The van der Waals surface area contributed by atoms with Crippen molar-refractivity contribution < 1.29 is 19.1 Å². The smallest absolute Gasteiger partial charge is 0.262 e. The first kappa shape index (κ1) is 22.0. The number of carbonyl (C=O) groups is 2. The summed E-state index contributed by atoms with van der Waals surface area (Å²) in [6.45, 7) is -0.163. The second-order valence-corrected chi connectivity index (χ2v) is 7.81. The predicted molar refractivity (Wildman–Crippen MR) is 129 cm³/mol. The third kappa shape index (κ3) is 5.96. The van der Waals surface area contributed by atoms with E-state index in [4.69, 9.17) is 9.47 Å². The highest BCUT2D eigenvalue weighted by molar-refractivity contribution is 7.14. The molecule has 1 aromatic heterocycles. The maximum absolute atomic E-state index is 12.5. The molecule has 4 rings (SSSR count). The van der Waals surface area contributed by atoms with Gasteiger partial charge in [-0.25, -0.2) is 4.98 Å². The Hall–Kier alpha value is -4.17. The molecule has 0 spiro atoms. The normalized spacial score (nSPS) is 10.3. The number of thiazole rings is 1. The van der Waals surface area contributed by atoms with Crippen molar-refractivity contribution in [2.45, 2.75) is 0 Å². The molecule has 2 N–H and O–H groups in total. The molecule has 0 aliphatic heterocycles. The van der Waals surface area contributed by atoms with Gasteiger partial charge in [0.25, 0.3) is 11.8 Å². The largest absolute Gasteiger partial charge is 0.497 e.